The van der Waals surface area contributed by atoms with Gasteiger partial charge in [0.15, 0.2) is 5.11 Å². The van der Waals surface area contributed by atoms with Gasteiger partial charge in [-0.25, -0.2) is 0 Å². The first kappa shape index (κ1) is 24.3. The predicted octanol–water partition coefficient (Wildman–Crippen LogP) is 6.59. The molecule has 1 heterocycles. The number of hydrogen-bond acceptors (Lipinski definition) is 5. The Labute approximate surface area is 214 Å². The summed E-state index contributed by atoms with van der Waals surface area (Å²) in [5.41, 5.74) is 4.73. The molecule has 1 unspecified atom stereocenters. The molecule has 0 saturated heterocycles. The first-order chi connectivity index (χ1) is 16.4. The summed E-state index contributed by atoms with van der Waals surface area (Å²) in [6.45, 7) is 4.28. The molecule has 4 rings (SSSR count). The predicted molar refractivity (Wildman–Crippen MR) is 147 cm³/mol. The number of hydrogen-bond donors (Lipinski definition) is 3. The van der Waals surface area contributed by atoms with E-state index in [1.54, 1.807) is 11.3 Å². The highest BCUT2D eigenvalue weighted by atomic mass is 32.2. The van der Waals surface area contributed by atoms with Crippen molar-refractivity contribution in [3.05, 3.63) is 70.1 Å². The Balaban J connectivity index is 1.32. The molecule has 0 bridgehead atoms. The average molecular weight is 507 g/mol. The summed E-state index contributed by atoms with van der Waals surface area (Å²) in [4.78, 5) is 14.8. The second-order valence-electron chi connectivity index (χ2n) is 8.48. The van der Waals surface area contributed by atoms with E-state index in [9.17, 15) is 10.1 Å². The number of thiophene rings is 1. The van der Waals surface area contributed by atoms with Crippen LogP contribution in [0, 0.1) is 24.2 Å². The van der Waals surface area contributed by atoms with Crippen LogP contribution in [0.15, 0.2) is 53.4 Å². The van der Waals surface area contributed by atoms with E-state index in [4.69, 9.17) is 12.2 Å². The van der Waals surface area contributed by atoms with Crippen LogP contribution >= 0.6 is 35.3 Å². The molecule has 1 aliphatic rings. The van der Waals surface area contributed by atoms with Gasteiger partial charge in [-0.15, -0.1) is 23.1 Å². The molecular formula is C26H26N4OS3. The Kier molecular flexibility index (Phi) is 7.88. The number of nitrogens with one attached hydrogen (secondary N) is 3. The maximum Gasteiger partial charge on any atom is 0.235 e. The molecule has 1 aliphatic carbocycles. The van der Waals surface area contributed by atoms with E-state index in [0.29, 0.717) is 21.6 Å². The van der Waals surface area contributed by atoms with Gasteiger partial charge in [0.25, 0.3) is 0 Å². The molecule has 8 heteroatoms. The van der Waals surface area contributed by atoms with E-state index in [1.165, 1.54) is 22.2 Å². The smallest absolute Gasteiger partial charge is 0.235 e. The van der Waals surface area contributed by atoms with Crippen LogP contribution in [0.5, 0.6) is 0 Å². The summed E-state index contributed by atoms with van der Waals surface area (Å²) in [7, 11) is 0. The Bertz CT molecular complexity index is 1240. The Morgan fingerprint density at radius 1 is 1.18 bits per heavy atom. The van der Waals surface area contributed by atoms with Crippen LogP contribution in [0.25, 0.3) is 0 Å². The quantitative estimate of drug-likeness (QED) is 0.259. The van der Waals surface area contributed by atoms with Gasteiger partial charge in [0.2, 0.25) is 5.91 Å². The van der Waals surface area contributed by atoms with Gasteiger partial charge in [0, 0.05) is 21.1 Å². The fraction of sp³-hybridized carbons (Fsp3) is 0.269. The van der Waals surface area contributed by atoms with Crippen molar-refractivity contribution < 1.29 is 4.79 Å². The van der Waals surface area contributed by atoms with Crippen molar-refractivity contribution in [3.8, 4) is 6.07 Å². The molecule has 1 amide bonds. The van der Waals surface area contributed by atoms with Crippen molar-refractivity contribution in [2.24, 2.45) is 5.92 Å². The molecule has 3 N–H and O–H groups in total. The minimum absolute atomic E-state index is 0.108. The van der Waals surface area contributed by atoms with Gasteiger partial charge in [0.05, 0.1) is 11.3 Å². The molecule has 0 saturated carbocycles. The average Bonchev–Trinajstić information content (AvgIpc) is 3.15. The van der Waals surface area contributed by atoms with Crippen LogP contribution in [0.2, 0.25) is 0 Å². The highest BCUT2D eigenvalue weighted by Crippen LogP contribution is 2.39. The number of carbonyl (C=O) groups is 1. The second-order valence-corrected chi connectivity index (χ2v) is 11.0. The molecule has 1 aromatic heterocycles. The van der Waals surface area contributed by atoms with E-state index >= 15 is 0 Å². The van der Waals surface area contributed by atoms with Crippen molar-refractivity contribution in [3.63, 3.8) is 0 Å². The van der Waals surface area contributed by atoms with Gasteiger partial charge in [0.1, 0.15) is 11.1 Å². The van der Waals surface area contributed by atoms with Gasteiger partial charge in [-0.2, -0.15) is 5.26 Å². The van der Waals surface area contributed by atoms with Crippen molar-refractivity contribution in [2.75, 3.05) is 21.7 Å². The number of carbonyl (C=O) groups excluding carboxylic acids is 1. The topological polar surface area (TPSA) is 76.9 Å². The molecule has 0 aliphatic heterocycles. The van der Waals surface area contributed by atoms with Crippen LogP contribution in [-0.2, 0) is 17.6 Å². The number of fused-ring (bicyclic) bond motifs is 1. The third kappa shape index (κ3) is 6.17. The lowest BCUT2D eigenvalue weighted by Crippen LogP contribution is -2.19. The summed E-state index contributed by atoms with van der Waals surface area (Å²) < 4.78 is 0. The monoisotopic (exact) mass is 506 g/mol. The molecule has 174 valence electrons. The van der Waals surface area contributed by atoms with Gasteiger partial charge in [-0.3, -0.25) is 4.79 Å². The van der Waals surface area contributed by atoms with Crippen molar-refractivity contribution >= 4 is 62.7 Å². The van der Waals surface area contributed by atoms with Crippen LogP contribution in [0.4, 0.5) is 16.4 Å². The summed E-state index contributed by atoms with van der Waals surface area (Å²) in [5, 5.41) is 20.2. The molecule has 3 aromatic rings. The molecule has 34 heavy (non-hydrogen) atoms. The number of rotatable bonds is 6. The Morgan fingerprint density at radius 3 is 2.71 bits per heavy atom. The fourth-order valence-electron chi connectivity index (χ4n) is 3.86. The van der Waals surface area contributed by atoms with Crippen LogP contribution in [-0.4, -0.2) is 16.8 Å². The van der Waals surface area contributed by atoms with Crippen LogP contribution in [0.3, 0.4) is 0 Å². The maximum absolute atomic E-state index is 12.6. The van der Waals surface area contributed by atoms with E-state index in [1.807, 2.05) is 55.5 Å². The number of benzene rings is 2. The molecule has 1 atom stereocenters. The third-order valence-corrected chi connectivity index (χ3v) is 8.02. The van der Waals surface area contributed by atoms with Crippen LogP contribution < -0.4 is 16.0 Å². The van der Waals surface area contributed by atoms with Gasteiger partial charge in [-0.1, -0.05) is 30.7 Å². The summed E-state index contributed by atoms with van der Waals surface area (Å²) in [5.74, 6) is 0.778. The molecular weight excluding hydrogens is 481 g/mol. The largest absolute Gasteiger partial charge is 0.332 e. The van der Waals surface area contributed by atoms with E-state index in [2.05, 4.69) is 28.9 Å². The minimum atomic E-state index is -0.108. The first-order valence-corrected chi connectivity index (χ1v) is 13.3. The molecule has 0 radical (unpaired) electrons. The number of thiocarbonyl (C=S) groups is 1. The Morgan fingerprint density at radius 2 is 1.94 bits per heavy atom. The lowest BCUT2D eigenvalue weighted by molar-refractivity contribution is -0.113. The molecule has 0 fully saturated rings. The molecule has 2 aromatic carbocycles. The summed E-state index contributed by atoms with van der Waals surface area (Å²) >= 11 is 8.43. The number of thioether (sulfide) groups is 1. The molecule has 0 spiro atoms. The standard InChI is InChI=1S/C26H26N4OS3/c1-16-6-9-18(10-7-16)28-26(32)29-19-4-3-5-20(13-19)33-15-24(31)30-25-22(14-27)21-11-8-17(2)12-23(21)34-25/h3-7,9-10,13,17H,8,11-12,15H2,1-2H3,(H,30,31)(H2,28,29,32). The normalized spacial score (nSPS) is 14.6. The van der Waals surface area contributed by atoms with Crippen molar-refractivity contribution in [1.82, 2.24) is 0 Å². The second kappa shape index (κ2) is 11.0. The lowest BCUT2D eigenvalue weighted by atomic mass is 9.89. The lowest BCUT2D eigenvalue weighted by Gasteiger charge is -2.17. The van der Waals surface area contributed by atoms with E-state index in [-0.39, 0.29) is 11.7 Å². The first-order valence-electron chi connectivity index (χ1n) is 11.1. The number of amides is 1. The van der Waals surface area contributed by atoms with Crippen molar-refractivity contribution in [2.45, 2.75) is 38.0 Å². The maximum atomic E-state index is 12.6. The van der Waals surface area contributed by atoms with Gasteiger partial charge < -0.3 is 16.0 Å². The zero-order chi connectivity index (χ0) is 24.1. The number of nitriles is 1. The highest BCUT2D eigenvalue weighted by Gasteiger charge is 2.24. The molecule has 5 nitrogen and oxygen atoms in total. The Hall–Kier alpha value is -2.86. The number of aryl methyl sites for hydroxylation is 1. The number of nitrogens with zero attached hydrogens (tertiary/aromatic N) is 1. The zero-order valence-corrected chi connectivity index (χ0v) is 21.6. The van der Waals surface area contributed by atoms with E-state index in [0.717, 1.165) is 41.1 Å². The summed E-state index contributed by atoms with van der Waals surface area (Å²) in [6, 6.07) is 18.1. The highest BCUT2D eigenvalue weighted by molar-refractivity contribution is 8.00. The fourth-order valence-corrected chi connectivity index (χ4v) is 6.23. The van der Waals surface area contributed by atoms with Crippen molar-refractivity contribution in [1.29, 1.82) is 5.26 Å². The summed E-state index contributed by atoms with van der Waals surface area (Å²) in [6.07, 6.45) is 3.00. The minimum Gasteiger partial charge on any atom is -0.332 e. The third-order valence-electron chi connectivity index (χ3n) is 5.65. The van der Waals surface area contributed by atoms with Gasteiger partial charge >= 0.3 is 0 Å². The SMILES string of the molecule is Cc1ccc(NC(=S)Nc2cccc(SCC(=O)Nc3sc4c(c3C#N)CCC(C)C4)c2)cc1. The number of anilines is 3. The van der Waals surface area contributed by atoms with Crippen LogP contribution in [0.1, 0.15) is 34.9 Å². The van der Waals surface area contributed by atoms with E-state index < -0.39 is 0 Å². The van der Waals surface area contributed by atoms with Gasteiger partial charge in [-0.05, 0) is 80.2 Å². The zero-order valence-electron chi connectivity index (χ0n) is 19.1.